The summed E-state index contributed by atoms with van der Waals surface area (Å²) in [7, 11) is 3.56. The summed E-state index contributed by atoms with van der Waals surface area (Å²) >= 11 is 8.01. The largest absolute Gasteiger partial charge is 0.386 e. The van der Waals surface area contributed by atoms with Crippen LogP contribution in [0, 0.1) is 23.5 Å². The molecule has 204 valence electrons. The highest BCUT2D eigenvalue weighted by Gasteiger charge is 2.23. The van der Waals surface area contributed by atoms with Crippen molar-refractivity contribution in [3.8, 4) is 23.0 Å². The number of hydrogen-bond donors (Lipinski definition) is 4. The molecule has 1 unspecified atom stereocenters. The second kappa shape index (κ2) is 11.4. The lowest BCUT2D eigenvalue weighted by molar-refractivity contribution is 0.143. The number of fused-ring (bicyclic) bond motifs is 1. The Morgan fingerprint density at radius 1 is 1.18 bits per heavy atom. The van der Waals surface area contributed by atoms with E-state index >= 15 is 0 Å². The summed E-state index contributed by atoms with van der Waals surface area (Å²) in [5, 5.41) is 19.2. The monoisotopic (exact) mass is 570 g/mol. The topological polar surface area (TPSA) is 101 Å². The predicted octanol–water partition coefficient (Wildman–Crippen LogP) is 5.66. The van der Waals surface area contributed by atoms with Crippen LogP contribution in [-0.4, -0.2) is 38.8 Å². The van der Waals surface area contributed by atoms with E-state index in [4.69, 9.17) is 22.3 Å². The number of aliphatic hydroxyl groups is 1. The fraction of sp³-hybridized carbons (Fsp3) is 0.286. The molecule has 0 fully saturated rings. The smallest absolute Gasteiger partial charge is 0.167 e. The highest BCUT2D eigenvalue weighted by Crippen LogP contribution is 2.40. The van der Waals surface area contributed by atoms with Crippen molar-refractivity contribution in [3.05, 3.63) is 70.0 Å². The van der Waals surface area contributed by atoms with Crippen LogP contribution in [0.2, 0.25) is 5.02 Å². The Kier molecular flexibility index (Phi) is 8.37. The Hall–Kier alpha value is -3.36. The molecule has 0 bridgehead atoms. The average Bonchev–Trinajstić information content (AvgIpc) is 3.18. The molecular weight excluding hydrogens is 542 g/mol. The Balaban J connectivity index is 1.98. The molecule has 2 heterocycles. The van der Waals surface area contributed by atoms with Crippen LogP contribution in [0.25, 0.3) is 22.0 Å². The van der Waals surface area contributed by atoms with Crippen molar-refractivity contribution in [3.63, 3.8) is 0 Å². The number of anilines is 2. The first-order valence-corrected chi connectivity index (χ1v) is 13.7. The van der Waals surface area contributed by atoms with Gasteiger partial charge in [-0.25, -0.2) is 13.8 Å². The molecule has 0 aliphatic carbocycles. The van der Waals surface area contributed by atoms with Crippen molar-refractivity contribution in [1.29, 1.82) is 0 Å². The summed E-state index contributed by atoms with van der Waals surface area (Å²) in [5.41, 5.74) is 9.47. The molecule has 1 atom stereocenters. The number of nitrogens with one attached hydrogen (secondary N) is 2. The van der Waals surface area contributed by atoms with Gasteiger partial charge in [-0.1, -0.05) is 35.5 Å². The molecule has 4 aromatic rings. The van der Waals surface area contributed by atoms with Gasteiger partial charge in [0.2, 0.25) is 0 Å². The van der Waals surface area contributed by atoms with Crippen LogP contribution in [0.15, 0.2) is 36.4 Å². The van der Waals surface area contributed by atoms with Crippen molar-refractivity contribution >= 4 is 46.0 Å². The molecule has 0 saturated carbocycles. The number of benzene rings is 2. The van der Waals surface area contributed by atoms with E-state index in [9.17, 15) is 13.9 Å². The number of halogens is 3. The van der Waals surface area contributed by atoms with Gasteiger partial charge in [-0.05, 0) is 56.0 Å². The maximum atomic E-state index is 13.9. The molecule has 2 aromatic carbocycles. The quantitative estimate of drug-likeness (QED) is 0.168. The van der Waals surface area contributed by atoms with Gasteiger partial charge in [-0.2, -0.15) is 5.10 Å². The van der Waals surface area contributed by atoms with Crippen LogP contribution in [-0.2, 0) is 13.5 Å². The van der Waals surface area contributed by atoms with Gasteiger partial charge in [-0.15, -0.1) is 0 Å². The Morgan fingerprint density at radius 2 is 1.87 bits per heavy atom. The molecule has 0 aliphatic heterocycles. The molecule has 0 radical (unpaired) electrons. The summed E-state index contributed by atoms with van der Waals surface area (Å²) in [5.74, 6) is 4.97. The number of hydrogen-bond acceptors (Lipinski definition) is 7. The van der Waals surface area contributed by atoms with E-state index in [1.54, 1.807) is 31.6 Å². The number of pyridine rings is 1. The summed E-state index contributed by atoms with van der Waals surface area (Å²) in [6.07, 6.45) is 2.01. The number of nitrogens with zero attached hydrogens (tertiary/aromatic N) is 3. The Labute approximate surface area is 235 Å². The van der Waals surface area contributed by atoms with Gasteiger partial charge in [0.05, 0.1) is 33.3 Å². The first-order chi connectivity index (χ1) is 18.4. The molecule has 0 aliphatic rings. The number of rotatable bonds is 7. The molecular formula is C28H29ClF2N6OS. The Bertz CT molecular complexity index is 1590. The van der Waals surface area contributed by atoms with E-state index in [0.29, 0.717) is 39.0 Å². The lowest BCUT2D eigenvalue weighted by Crippen LogP contribution is -2.18. The van der Waals surface area contributed by atoms with Crippen molar-refractivity contribution in [1.82, 2.24) is 14.8 Å². The van der Waals surface area contributed by atoms with Crippen molar-refractivity contribution in [2.45, 2.75) is 31.9 Å². The molecule has 7 nitrogen and oxygen atoms in total. The van der Waals surface area contributed by atoms with Gasteiger partial charge in [0.15, 0.2) is 5.82 Å². The zero-order chi connectivity index (χ0) is 28.5. The van der Waals surface area contributed by atoms with E-state index in [2.05, 4.69) is 27.0 Å². The van der Waals surface area contributed by atoms with Gasteiger partial charge in [0, 0.05) is 37.5 Å². The maximum Gasteiger partial charge on any atom is 0.167 e. The fourth-order valence-corrected chi connectivity index (χ4v) is 4.94. The first kappa shape index (κ1) is 28.6. The van der Waals surface area contributed by atoms with Crippen LogP contribution in [0.3, 0.4) is 0 Å². The summed E-state index contributed by atoms with van der Waals surface area (Å²) in [6, 6.07) is 8.09. The summed E-state index contributed by atoms with van der Waals surface area (Å²) in [6.45, 7) is 3.15. The lowest BCUT2D eigenvalue weighted by Gasteiger charge is -2.20. The third-order valence-electron chi connectivity index (χ3n) is 5.96. The minimum atomic E-state index is -1.25. The average molecular weight is 571 g/mol. The highest BCUT2D eigenvalue weighted by molar-refractivity contribution is 7.99. The lowest BCUT2D eigenvalue weighted by atomic mass is 9.93. The third-order valence-corrected chi connectivity index (χ3v) is 6.68. The van der Waals surface area contributed by atoms with Gasteiger partial charge in [0.25, 0.3) is 0 Å². The zero-order valence-corrected chi connectivity index (χ0v) is 23.7. The molecule has 0 amide bonds. The molecule has 0 spiro atoms. The minimum Gasteiger partial charge on any atom is -0.386 e. The van der Waals surface area contributed by atoms with Crippen molar-refractivity contribution in [2.24, 2.45) is 12.8 Å². The van der Waals surface area contributed by atoms with Crippen LogP contribution in [0.1, 0.15) is 36.8 Å². The van der Waals surface area contributed by atoms with E-state index in [0.717, 1.165) is 22.5 Å². The first-order valence-electron chi connectivity index (χ1n) is 12.0. The second-order valence-electron chi connectivity index (χ2n) is 9.56. The van der Waals surface area contributed by atoms with E-state index in [1.165, 1.54) is 24.1 Å². The number of aromatic nitrogens is 3. The molecule has 39 heavy (non-hydrogen) atoms. The second-order valence-corrected chi connectivity index (χ2v) is 10.6. The van der Waals surface area contributed by atoms with Gasteiger partial charge < -0.3 is 20.9 Å². The summed E-state index contributed by atoms with van der Waals surface area (Å²) < 4.78 is 32.8. The predicted molar refractivity (Wildman–Crippen MR) is 156 cm³/mol. The Morgan fingerprint density at radius 3 is 2.49 bits per heavy atom. The number of nitrogens with two attached hydrogens (primary N) is 1. The summed E-state index contributed by atoms with van der Waals surface area (Å²) in [4.78, 5) is 4.82. The fourth-order valence-electron chi connectivity index (χ4n) is 4.37. The number of aryl methyl sites for hydroxylation is 1. The highest BCUT2D eigenvalue weighted by atomic mass is 35.5. The van der Waals surface area contributed by atoms with Gasteiger partial charge >= 0.3 is 0 Å². The standard InChI is InChI=1S/C28H29ClF2N6OS/c1-28(2,38)9-8-22-23(33-3)14-19(25(34-22)21(32)12-15-10-16(30)13-17(31)11-15)18-6-7-20(29)24-26(18)37(4)35-27(24)36-39-5/h6-7,10-11,13-14,21,33,38H,12,32H2,1-5H3,(H,35,36). The van der Waals surface area contributed by atoms with Crippen LogP contribution in [0.4, 0.5) is 20.3 Å². The van der Waals surface area contributed by atoms with Gasteiger partial charge in [-0.3, -0.25) is 4.68 Å². The van der Waals surface area contributed by atoms with E-state index in [1.807, 2.05) is 25.4 Å². The van der Waals surface area contributed by atoms with Crippen LogP contribution in [0.5, 0.6) is 0 Å². The SMILES string of the molecule is CNc1cc(-c2ccc(Cl)c3c(NSC)nn(C)c23)c(C(N)Cc2cc(F)cc(F)c2)nc1C#CC(C)(C)O. The van der Waals surface area contributed by atoms with Crippen LogP contribution < -0.4 is 15.8 Å². The van der Waals surface area contributed by atoms with Crippen molar-refractivity contribution < 1.29 is 13.9 Å². The van der Waals surface area contributed by atoms with Gasteiger partial charge in [0.1, 0.15) is 22.9 Å². The van der Waals surface area contributed by atoms with E-state index < -0.39 is 23.3 Å². The molecule has 4 rings (SSSR count). The minimum absolute atomic E-state index is 0.118. The van der Waals surface area contributed by atoms with Crippen molar-refractivity contribution in [2.75, 3.05) is 23.3 Å². The molecule has 5 N–H and O–H groups in total. The molecule has 0 saturated heterocycles. The maximum absolute atomic E-state index is 13.9. The molecule has 11 heteroatoms. The third kappa shape index (κ3) is 6.28. The van der Waals surface area contributed by atoms with E-state index in [-0.39, 0.29) is 6.42 Å². The normalized spacial score (nSPS) is 12.3. The van der Waals surface area contributed by atoms with Crippen LogP contribution >= 0.6 is 23.5 Å². The molecule has 2 aromatic heterocycles. The zero-order valence-electron chi connectivity index (χ0n) is 22.2.